The molecule has 3 nitrogen and oxygen atoms in total. The van der Waals surface area contributed by atoms with E-state index >= 15 is 0 Å². The summed E-state index contributed by atoms with van der Waals surface area (Å²) in [5.74, 6) is 0.849. The van der Waals surface area contributed by atoms with Crippen LogP contribution < -0.4 is 5.32 Å². The Labute approximate surface area is 82.8 Å². The summed E-state index contributed by atoms with van der Waals surface area (Å²) in [6, 6.07) is 7.79. The number of aryl methyl sites for hydroxylation is 1. The fourth-order valence-electron chi connectivity index (χ4n) is 1.12. The lowest BCUT2D eigenvalue weighted by molar-refractivity contribution is 1.25. The minimum Gasteiger partial charge on any atom is -0.340 e. The van der Waals surface area contributed by atoms with Gasteiger partial charge in [-0.3, -0.25) is 4.98 Å². The van der Waals surface area contributed by atoms with Crippen LogP contribution in [0, 0.1) is 6.92 Å². The van der Waals surface area contributed by atoms with Crippen LogP contribution in [0.1, 0.15) is 5.56 Å². The van der Waals surface area contributed by atoms with Crippen molar-refractivity contribution in [2.24, 2.45) is 0 Å². The first kappa shape index (κ1) is 8.69. The minimum absolute atomic E-state index is 0.849. The maximum absolute atomic E-state index is 4.24. The number of hydrogen-bond donors (Lipinski definition) is 1. The molecular formula is C11H11N3. The zero-order valence-electron chi connectivity index (χ0n) is 7.94. The smallest absolute Gasteiger partial charge is 0.130 e. The minimum atomic E-state index is 0.849. The topological polar surface area (TPSA) is 37.8 Å². The van der Waals surface area contributed by atoms with Crippen LogP contribution in [0.5, 0.6) is 0 Å². The Morgan fingerprint density at radius 2 is 1.86 bits per heavy atom. The lowest BCUT2D eigenvalue weighted by Gasteiger charge is -2.04. The van der Waals surface area contributed by atoms with Crippen molar-refractivity contribution in [3.05, 3.63) is 48.4 Å². The zero-order chi connectivity index (χ0) is 9.80. The summed E-state index contributed by atoms with van der Waals surface area (Å²) in [4.78, 5) is 8.18. The van der Waals surface area contributed by atoms with Gasteiger partial charge in [-0.25, -0.2) is 4.98 Å². The molecule has 0 saturated heterocycles. The molecule has 0 saturated carbocycles. The van der Waals surface area contributed by atoms with Gasteiger partial charge in [0, 0.05) is 24.3 Å². The molecule has 0 amide bonds. The fraction of sp³-hybridized carbons (Fsp3) is 0.0909. The quantitative estimate of drug-likeness (QED) is 0.781. The van der Waals surface area contributed by atoms with Crippen LogP contribution in [0.2, 0.25) is 0 Å². The highest BCUT2D eigenvalue weighted by Gasteiger charge is 1.93. The molecule has 2 rings (SSSR count). The Hall–Kier alpha value is -1.90. The van der Waals surface area contributed by atoms with Crippen LogP contribution in [0.3, 0.4) is 0 Å². The van der Waals surface area contributed by atoms with Crippen molar-refractivity contribution in [3.8, 4) is 0 Å². The first-order chi connectivity index (χ1) is 6.84. The molecule has 1 N–H and O–H groups in total. The van der Waals surface area contributed by atoms with E-state index in [1.807, 2.05) is 37.4 Å². The number of pyridine rings is 2. The number of aromatic nitrogens is 2. The van der Waals surface area contributed by atoms with Crippen LogP contribution in [0.15, 0.2) is 42.9 Å². The highest BCUT2D eigenvalue weighted by molar-refractivity contribution is 5.54. The van der Waals surface area contributed by atoms with E-state index in [2.05, 4.69) is 15.3 Å². The number of nitrogens with one attached hydrogen (secondary N) is 1. The first-order valence-electron chi connectivity index (χ1n) is 4.44. The maximum Gasteiger partial charge on any atom is 0.130 e. The summed E-state index contributed by atoms with van der Waals surface area (Å²) < 4.78 is 0. The second-order valence-electron chi connectivity index (χ2n) is 3.08. The van der Waals surface area contributed by atoms with Crippen molar-refractivity contribution in [2.75, 3.05) is 5.32 Å². The van der Waals surface area contributed by atoms with Gasteiger partial charge in [0.15, 0.2) is 0 Å². The predicted octanol–water partition coefficient (Wildman–Crippen LogP) is 2.53. The molecule has 70 valence electrons. The average Bonchev–Trinajstić information content (AvgIpc) is 2.23. The Morgan fingerprint density at radius 3 is 2.50 bits per heavy atom. The van der Waals surface area contributed by atoms with Gasteiger partial charge in [0.05, 0.1) is 0 Å². The van der Waals surface area contributed by atoms with Crippen molar-refractivity contribution in [1.29, 1.82) is 0 Å². The molecule has 0 radical (unpaired) electrons. The molecule has 2 heterocycles. The van der Waals surface area contributed by atoms with Gasteiger partial charge in [0.1, 0.15) is 5.82 Å². The van der Waals surface area contributed by atoms with Crippen molar-refractivity contribution in [2.45, 2.75) is 6.92 Å². The summed E-state index contributed by atoms with van der Waals surface area (Å²) in [5.41, 5.74) is 2.15. The van der Waals surface area contributed by atoms with Crippen LogP contribution in [0.25, 0.3) is 0 Å². The SMILES string of the molecule is Cc1ccc(Nc2ccncc2)nc1. The second kappa shape index (κ2) is 3.87. The highest BCUT2D eigenvalue weighted by atomic mass is 15.0. The molecule has 0 aliphatic rings. The lowest BCUT2D eigenvalue weighted by atomic mass is 10.3. The average molecular weight is 185 g/mol. The second-order valence-corrected chi connectivity index (χ2v) is 3.08. The molecular weight excluding hydrogens is 174 g/mol. The van der Waals surface area contributed by atoms with Crippen LogP contribution >= 0.6 is 0 Å². The maximum atomic E-state index is 4.24. The molecule has 0 unspecified atom stereocenters. The van der Waals surface area contributed by atoms with Crippen LogP contribution in [-0.4, -0.2) is 9.97 Å². The van der Waals surface area contributed by atoms with Crippen molar-refractivity contribution < 1.29 is 0 Å². The van der Waals surface area contributed by atoms with Gasteiger partial charge in [-0.2, -0.15) is 0 Å². The van der Waals surface area contributed by atoms with Gasteiger partial charge in [-0.05, 0) is 30.7 Å². The van der Waals surface area contributed by atoms with Gasteiger partial charge in [-0.1, -0.05) is 6.07 Å². The van der Waals surface area contributed by atoms with Crippen molar-refractivity contribution >= 4 is 11.5 Å². The zero-order valence-corrected chi connectivity index (χ0v) is 7.94. The summed E-state index contributed by atoms with van der Waals surface area (Å²) in [5, 5.41) is 3.18. The van der Waals surface area contributed by atoms with Crippen molar-refractivity contribution in [3.63, 3.8) is 0 Å². The number of rotatable bonds is 2. The van der Waals surface area contributed by atoms with Gasteiger partial charge in [0.2, 0.25) is 0 Å². The van der Waals surface area contributed by atoms with Gasteiger partial charge < -0.3 is 5.32 Å². The number of hydrogen-bond acceptors (Lipinski definition) is 3. The molecule has 0 aliphatic carbocycles. The van der Waals surface area contributed by atoms with Crippen LogP contribution in [0.4, 0.5) is 11.5 Å². The largest absolute Gasteiger partial charge is 0.340 e. The summed E-state index contributed by atoms with van der Waals surface area (Å²) in [6.45, 7) is 2.02. The fourth-order valence-corrected chi connectivity index (χ4v) is 1.12. The molecule has 0 atom stereocenters. The molecule has 0 aliphatic heterocycles. The van der Waals surface area contributed by atoms with E-state index < -0.39 is 0 Å². The highest BCUT2D eigenvalue weighted by Crippen LogP contribution is 2.12. The molecule has 0 spiro atoms. The van der Waals surface area contributed by atoms with E-state index in [-0.39, 0.29) is 0 Å². The first-order valence-corrected chi connectivity index (χ1v) is 4.44. The van der Waals surface area contributed by atoms with Gasteiger partial charge in [-0.15, -0.1) is 0 Å². The molecule has 2 aromatic rings. The predicted molar refractivity (Wildman–Crippen MR) is 56.5 cm³/mol. The van der Waals surface area contributed by atoms with E-state index in [1.54, 1.807) is 12.4 Å². The summed E-state index contributed by atoms with van der Waals surface area (Å²) in [6.07, 6.45) is 5.33. The third-order valence-corrected chi connectivity index (χ3v) is 1.86. The molecule has 0 fully saturated rings. The van der Waals surface area contributed by atoms with Crippen molar-refractivity contribution in [1.82, 2.24) is 9.97 Å². The molecule has 0 bridgehead atoms. The summed E-state index contributed by atoms with van der Waals surface area (Å²) >= 11 is 0. The molecule has 2 aromatic heterocycles. The third kappa shape index (κ3) is 2.07. The van der Waals surface area contributed by atoms with E-state index in [4.69, 9.17) is 0 Å². The lowest BCUT2D eigenvalue weighted by Crippen LogP contribution is -1.92. The van der Waals surface area contributed by atoms with E-state index in [1.165, 1.54) is 0 Å². The Bertz CT molecular complexity index is 395. The number of anilines is 2. The monoisotopic (exact) mass is 185 g/mol. The Balaban J connectivity index is 2.16. The van der Waals surface area contributed by atoms with Gasteiger partial charge >= 0.3 is 0 Å². The molecule has 3 heteroatoms. The number of nitrogens with zero attached hydrogens (tertiary/aromatic N) is 2. The Morgan fingerprint density at radius 1 is 1.07 bits per heavy atom. The van der Waals surface area contributed by atoms with E-state index in [0.717, 1.165) is 17.1 Å². The molecule has 0 aromatic carbocycles. The Kier molecular flexibility index (Phi) is 2.40. The van der Waals surface area contributed by atoms with Gasteiger partial charge in [0.25, 0.3) is 0 Å². The molecule has 14 heavy (non-hydrogen) atoms. The van der Waals surface area contributed by atoms with Crippen LogP contribution in [-0.2, 0) is 0 Å². The van der Waals surface area contributed by atoms with E-state index in [9.17, 15) is 0 Å². The van der Waals surface area contributed by atoms with E-state index in [0.29, 0.717) is 0 Å². The third-order valence-electron chi connectivity index (χ3n) is 1.86. The summed E-state index contributed by atoms with van der Waals surface area (Å²) in [7, 11) is 0. The normalized spacial score (nSPS) is 9.79. The standard InChI is InChI=1S/C11H11N3/c1-9-2-3-11(13-8-9)14-10-4-6-12-7-5-10/h2-8H,1H3,(H,12,13,14).